The maximum absolute atomic E-state index is 12.8. The van der Waals surface area contributed by atoms with Gasteiger partial charge in [0.05, 0.1) is 11.8 Å². The summed E-state index contributed by atoms with van der Waals surface area (Å²) in [5.41, 5.74) is 2.55. The van der Waals surface area contributed by atoms with Crippen LogP contribution in [0.4, 0.5) is 0 Å². The zero-order chi connectivity index (χ0) is 18.8. The number of carbonyl (C=O) groups excluding carboxylic acids is 1. The van der Waals surface area contributed by atoms with Crippen LogP contribution in [0.2, 0.25) is 0 Å². The predicted molar refractivity (Wildman–Crippen MR) is 102 cm³/mol. The van der Waals surface area contributed by atoms with Gasteiger partial charge < -0.3 is 15.0 Å². The van der Waals surface area contributed by atoms with E-state index in [1.54, 1.807) is 6.92 Å². The Labute approximate surface area is 158 Å². The zero-order valence-corrected chi connectivity index (χ0v) is 15.5. The largest absolute Gasteiger partial charge is 0.393 e. The van der Waals surface area contributed by atoms with Gasteiger partial charge in [0.2, 0.25) is 0 Å². The molecule has 4 rings (SSSR count). The minimum absolute atomic E-state index is 0.102. The molecule has 1 atom stereocenters. The molecule has 0 spiro atoms. The van der Waals surface area contributed by atoms with E-state index in [0.29, 0.717) is 12.3 Å². The molecule has 1 aliphatic heterocycles. The number of nitrogens with one attached hydrogen (secondary N) is 1. The van der Waals surface area contributed by atoms with Crippen molar-refractivity contribution in [2.75, 3.05) is 13.1 Å². The van der Waals surface area contributed by atoms with E-state index in [1.165, 1.54) is 0 Å². The molecule has 0 radical (unpaired) electrons. The molecule has 1 unspecified atom stereocenters. The molecule has 3 heterocycles. The first-order valence-corrected chi connectivity index (χ1v) is 9.52. The number of piperidine rings is 1. The molecule has 0 saturated carbocycles. The summed E-state index contributed by atoms with van der Waals surface area (Å²) in [4.78, 5) is 17.9. The molecule has 3 aromatic rings. The average molecular weight is 367 g/mol. The highest BCUT2D eigenvalue weighted by Crippen LogP contribution is 2.22. The Balaban J connectivity index is 1.33. The van der Waals surface area contributed by atoms with Crippen molar-refractivity contribution in [1.82, 2.24) is 24.9 Å². The molecular formula is C20H25N5O2. The monoisotopic (exact) mass is 367 g/mol. The van der Waals surface area contributed by atoms with Crippen LogP contribution >= 0.6 is 0 Å². The lowest BCUT2D eigenvalue weighted by Crippen LogP contribution is -2.39. The Morgan fingerprint density at radius 1 is 1.33 bits per heavy atom. The number of rotatable bonds is 5. The standard InChI is InChI=1S/C20H25N5O2/c1-14(26)10-18-13-25(23-22-18)12-15-5-8-24(9-6-15)20(27)17-3-2-16-4-7-21-19(16)11-17/h2-4,7,11,13-15,21,26H,5-6,8-10,12H2,1H3. The number of benzene rings is 1. The quantitative estimate of drug-likeness (QED) is 0.724. The summed E-state index contributed by atoms with van der Waals surface area (Å²) in [5.74, 6) is 0.589. The Morgan fingerprint density at radius 2 is 2.15 bits per heavy atom. The molecular weight excluding hydrogens is 342 g/mol. The zero-order valence-electron chi connectivity index (χ0n) is 15.5. The summed E-state index contributed by atoms with van der Waals surface area (Å²) in [6.45, 7) is 4.09. The molecule has 1 aromatic carbocycles. The number of aromatic nitrogens is 4. The Bertz CT molecular complexity index is 921. The van der Waals surface area contributed by atoms with E-state index in [4.69, 9.17) is 0 Å². The fourth-order valence-electron chi connectivity index (χ4n) is 3.77. The second-order valence-corrected chi connectivity index (χ2v) is 7.50. The van der Waals surface area contributed by atoms with Crippen LogP contribution < -0.4 is 0 Å². The van der Waals surface area contributed by atoms with Crippen molar-refractivity contribution in [1.29, 1.82) is 0 Å². The molecule has 1 aliphatic rings. The number of likely N-dealkylation sites (tertiary alicyclic amines) is 1. The van der Waals surface area contributed by atoms with Gasteiger partial charge in [-0.05, 0) is 49.3 Å². The lowest BCUT2D eigenvalue weighted by atomic mass is 9.96. The van der Waals surface area contributed by atoms with Crippen LogP contribution in [-0.4, -0.2) is 55.1 Å². The van der Waals surface area contributed by atoms with Crippen molar-refractivity contribution in [3.05, 3.63) is 47.9 Å². The van der Waals surface area contributed by atoms with Crippen molar-refractivity contribution in [2.45, 2.75) is 38.8 Å². The highest BCUT2D eigenvalue weighted by Gasteiger charge is 2.24. The van der Waals surface area contributed by atoms with Crippen molar-refractivity contribution >= 4 is 16.8 Å². The van der Waals surface area contributed by atoms with Gasteiger partial charge in [0.15, 0.2) is 0 Å². The van der Waals surface area contributed by atoms with Crippen molar-refractivity contribution in [3.63, 3.8) is 0 Å². The number of hydrogen-bond donors (Lipinski definition) is 2. The van der Waals surface area contributed by atoms with Crippen LogP contribution in [0.5, 0.6) is 0 Å². The minimum atomic E-state index is -0.408. The van der Waals surface area contributed by atoms with Gasteiger partial charge in [0.25, 0.3) is 5.91 Å². The SMILES string of the molecule is CC(O)Cc1cn(CC2CCN(C(=O)c3ccc4cc[nH]c4c3)CC2)nn1. The number of fused-ring (bicyclic) bond motifs is 1. The molecule has 7 heteroatoms. The van der Waals surface area contributed by atoms with Crippen LogP contribution in [0, 0.1) is 5.92 Å². The van der Waals surface area contributed by atoms with Crippen LogP contribution in [0.3, 0.4) is 0 Å². The van der Waals surface area contributed by atoms with E-state index in [0.717, 1.165) is 54.6 Å². The van der Waals surface area contributed by atoms with Crippen molar-refractivity contribution < 1.29 is 9.90 Å². The summed E-state index contributed by atoms with van der Waals surface area (Å²) in [6.07, 6.45) is 5.84. The van der Waals surface area contributed by atoms with Crippen LogP contribution in [0.1, 0.15) is 35.8 Å². The number of aliphatic hydroxyl groups is 1. The lowest BCUT2D eigenvalue weighted by molar-refractivity contribution is 0.0681. The van der Waals surface area contributed by atoms with Gasteiger partial charge in [-0.15, -0.1) is 5.10 Å². The highest BCUT2D eigenvalue weighted by molar-refractivity contribution is 5.97. The van der Waals surface area contributed by atoms with Gasteiger partial charge in [-0.1, -0.05) is 11.3 Å². The third kappa shape index (κ3) is 4.03. The van der Waals surface area contributed by atoms with Crippen LogP contribution in [-0.2, 0) is 13.0 Å². The highest BCUT2D eigenvalue weighted by atomic mass is 16.3. The minimum Gasteiger partial charge on any atom is -0.393 e. The summed E-state index contributed by atoms with van der Waals surface area (Å²) >= 11 is 0. The fraction of sp³-hybridized carbons (Fsp3) is 0.450. The second kappa shape index (κ2) is 7.52. The number of amides is 1. The maximum atomic E-state index is 12.8. The molecule has 0 bridgehead atoms. The molecule has 2 aromatic heterocycles. The Morgan fingerprint density at radius 3 is 2.93 bits per heavy atom. The smallest absolute Gasteiger partial charge is 0.253 e. The van der Waals surface area contributed by atoms with E-state index in [1.807, 2.05) is 46.2 Å². The number of hydrogen-bond acceptors (Lipinski definition) is 4. The summed E-state index contributed by atoms with van der Waals surface area (Å²) < 4.78 is 1.86. The molecule has 7 nitrogen and oxygen atoms in total. The topological polar surface area (TPSA) is 87.0 Å². The maximum Gasteiger partial charge on any atom is 0.253 e. The Kier molecular flexibility index (Phi) is 4.94. The van der Waals surface area contributed by atoms with E-state index in [-0.39, 0.29) is 5.91 Å². The van der Waals surface area contributed by atoms with E-state index in [9.17, 15) is 9.90 Å². The molecule has 27 heavy (non-hydrogen) atoms. The first kappa shape index (κ1) is 17.7. The third-order valence-electron chi connectivity index (χ3n) is 5.24. The van der Waals surface area contributed by atoms with Gasteiger partial charge >= 0.3 is 0 Å². The average Bonchev–Trinajstić information content (AvgIpc) is 3.30. The summed E-state index contributed by atoms with van der Waals surface area (Å²) in [7, 11) is 0. The first-order chi connectivity index (χ1) is 13.1. The van der Waals surface area contributed by atoms with E-state index in [2.05, 4.69) is 15.3 Å². The van der Waals surface area contributed by atoms with Crippen LogP contribution in [0.15, 0.2) is 36.7 Å². The number of H-pyrrole nitrogens is 1. The van der Waals surface area contributed by atoms with Gasteiger partial charge in [-0.3, -0.25) is 9.48 Å². The number of nitrogens with zero attached hydrogens (tertiary/aromatic N) is 4. The first-order valence-electron chi connectivity index (χ1n) is 9.52. The summed E-state index contributed by atoms with van der Waals surface area (Å²) in [5, 5.41) is 18.8. The molecule has 142 valence electrons. The third-order valence-corrected chi connectivity index (χ3v) is 5.24. The van der Waals surface area contributed by atoms with Crippen molar-refractivity contribution in [2.24, 2.45) is 5.92 Å². The van der Waals surface area contributed by atoms with Gasteiger partial charge in [0.1, 0.15) is 0 Å². The van der Waals surface area contributed by atoms with Gasteiger partial charge in [0, 0.05) is 49.5 Å². The molecule has 0 aliphatic carbocycles. The normalized spacial score (nSPS) is 16.7. The number of aromatic amines is 1. The van der Waals surface area contributed by atoms with Gasteiger partial charge in [-0.25, -0.2) is 0 Å². The second-order valence-electron chi connectivity index (χ2n) is 7.50. The van der Waals surface area contributed by atoms with E-state index < -0.39 is 6.10 Å². The van der Waals surface area contributed by atoms with Gasteiger partial charge in [-0.2, -0.15) is 0 Å². The van der Waals surface area contributed by atoms with E-state index >= 15 is 0 Å². The number of carbonyl (C=O) groups is 1. The molecule has 1 fully saturated rings. The number of aliphatic hydroxyl groups excluding tert-OH is 1. The Hall–Kier alpha value is -2.67. The lowest BCUT2D eigenvalue weighted by Gasteiger charge is -2.32. The van der Waals surface area contributed by atoms with Crippen molar-refractivity contribution in [3.8, 4) is 0 Å². The van der Waals surface area contributed by atoms with Crippen LogP contribution in [0.25, 0.3) is 10.9 Å². The summed E-state index contributed by atoms with van der Waals surface area (Å²) in [6, 6.07) is 7.83. The predicted octanol–water partition coefficient (Wildman–Crippen LogP) is 2.24. The fourth-order valence-corrected chi connectivity index (χ4v) is 3.77. The molecule has 1 amide bonds. The molecule has 2 N–H and O–H groups in total. The molecule has 1 saturated heterocycles.